The van der Waals surface area contributed by atoms with Crippen LogP contribution in [-0.2, 0) is 13.5 Å². The van der Waals surface area contributed by atoms with Crippen LogP contribution in [0.5, 0.6) is 0 Å². The number of carbonyl (C=O) groups excluding carboxylic acids is 1. The molecule has 0 fully saturated rings. The zero-order valence-electron chi connectivity index (χ0n) is 19.6. The number of nitrogens with zero attached hydrogens (tertiary/aromatic N) is 2. The van der Waals surface area contributed by atoms with Crippen LogP contribution < -0.4 is 5.32 Å². The molecule has 0 saturated carbocycles. The SMILES string of the molecule is Cn1c(-c2ccccc2)nc(-c2ccccc2)c1C(=O)NC(Cc1ccccc1)c1ccccc1. The zero-order chi connectivity index (χ0) is 24.0. The number of aromatic nitrogens is 2. The Hall–Kier alpha value is -4.44. The van der Waals surface area contributed by atoms with E-state index in [4.69, 9.17) is 4.98 Å². The van der Waals surface area contributed by atoms with Crippen LogP contribution in [0.4, 0.5) is 0 Å². The van der Waals surface area contributed by atoms with Crippen molar-refractivity contribution in [3.63, 3.8) is 0 Å². The number of rotatable bonds is 7. The van der Waals surface area contributed by atoms with E-state index in [1.807, 2.05) is 109 Å². The molecule has 0 saturated heterocycles. The lowest BCUT2D eigenvalue weighted by Crippen LogP contribution is -2.31. The predicted octanol–water partition coefficient (Wildman–Crippen LogP) is 6.47. The summed E-state index contributed by atoms with van der Waals surface area (Å²) in [7, 11) is 1.91. The van der Waals surface area contributed by atoms with Crippen LogP contribution in [0.2, 0.25) is 0 Å². The van der Waals surface area contributed by atoms with Gasteiger partial charge in [0.25, 0.3) is 5.91 Å². The largest absolute Gasteiger partial charge is 0.344 e. The molecule has 0 aliphatic heterocycles. The summed E-state index contributed by atoms with van der Waals surface area (Å²) in [6.07, 6.45) is 0.695. The molecule has 1 atom stereocenters. The van der Waals surface area contributed by atoms with Crippen LogP contribution in [0.25, 0.3) is 22.6 Å². The molecule has 0 bridgehead atoms. The second kappa shape index (κ2) is 10.2. The normalized spacial score (nSPS) is 11.7. The highest BCUT2D eigenvalue weighted by Crippen LogP contribution is 2.29. The Labute approximate surface area is 205 Å². The molecule has 4 aromatic carbocycles. The van der Waals surface area contributed by atoms with Gasteiger partial charge in [-0.3, -0.25) is 4.79 Å². The number of imidazole rings is 1. The van der Waals surface area contributed by atoms with Gasteiger partial charge in [-0.25, -0.2) is 4.98 Å². The van der Waals surface area contributed by atoms with Crippen molar-refractivity contribution >= 4 is 5.91 Å². The summed E-state index contributed by atoms with van der Waals surface area (Å²) < 4.78 is 1.90. The van der Waals surface area contributed by atoms with Gasteiger partial charge in [0.1, 0.15) is 17.2 Å². The van der Waals surface area contributed by atoms with Gasteiger partial charge in [0.15, 0.2) is 0 Å². The third-order valence-electron chi connectivity index (χ3n) is 6.18. The Morgan fingerprint density at radius 3 is 1.86 bits per heavy atom. The Kier molecular flexibility index (Phi) is 6.53. The topological polar surface area (TPSA) is 46.9 Å². The first-order valence-electron chi connectivity index (χ1n) is 11.8. The van der Waals surface area contributed by atoms with Crippen LogP contribution in [-0.4, -0.2) is 15.5 Å². The molecule has 35 heavy (non-hydrogen) atoms. The first-order chi connectivity index (χ1) is 17.2. The molecule has 0 aliphatic carbocycles. The first kappa shape index (κ1) is 22.4. The molecule has 0 aliphatic rings. The van der Waals surface area contributed by atoms with E-state index >= 15 is 0 Å². The van der Waals surface area contributed by atoms with E-state index in [0.29, 0.717) is 17.8 Å². The van der Waals surface area contributed by atoms with Crippen molar-refractivity contribution in [2.45, 2.75) is 12.5 Å². The van der Waals surface area contributed by atoms with Crippen molar-refractivity contribution in [3.8, 4) is 22.6 Å². The van der Waals surface area contributed by atoms with Crippen molar-refractivity contribution in [2.75, 3.05) is 0 Å². The summed E-state index contributed by atoms with van der Waals surface area (Å²) in [5.41, 5.74) is 5.33. The fourth-order valence-corrected chi connectivity index (χ4v) is 4.42. The molecule has 172 valence electrons. The van der Waals surface area contributed by atoms with E-state index in [2.05, 4.69) is 29.6 Å². The molecule has 0 radical (unpaired) electrons. The molecule has 1 heterocycles. The van der Waals surface area contributed by atoms with Crippen LogP contribution in [0.1, 0.15) is 27.7 Å². The van der Waals surface area contributed by atoms with Gasteiger partial charge < -0.3 is 9.88 Å². The number of benzene rings is 4. The van der Waals surface area contributed by atoms with Gasteiger partial charge in [0, 0.05) is 18.2 Å². The summed E-state index contributed by atoms with van der Waals surface area (Å²) >= 11 is 0. The van der Waals surface area contributed by atoms with Crippen LogP contribution in [0.3, 0.4) is 0 Å². The molecule has 5 rings (SSSR count). The maximum atomic E-state index is 13.9. The smallest absolute Gasteiger partial charge is 0.270 e. The van der Waals surface area contributed by atoms with Gasteiger partial charge in [-0.05, 0) is 17.5 Å². The minimum atomic E-state index is -0.176. The molecule has 1 aromatic heterocycles. The van der Waals surface area contributed by atoms with Gasteiger partial charge in [0.05, 0.1) is 6.04 Å². The summed E-state index contributed by atoms with van der Waals surface area (Å²) in [5, 5.41) is 3.31. The maximum absolute atomic E-state index is 13.9. The van der Waals surface area contributed by atoms with Crippen molar-refractivity contribution in [1.29, 1.82) is 0 Å². The van der Waals surface area contributed by atoms with Crippen molar-refractivity contribution < 1.29 is 4.79 Å². The van der Waals surface area contributed by atoms with Crippen molar-refractivity contribution in [3.05, 3.63) is 138 Å². The van der Waals surface area contributed by atoms with Crippen molar-refractivity contribution in [1.82, 2.24) is 14.9 Å². The van der Waals surface area contributed by atoms with Gasteiger partial charge >= 0.3 is 0 Å². The lowest BCUT2D eigenvalue weighted by molar-refractivity contribution is 0.0929. The Balaban J connectivity index is 1.56. The highest BCUT2D eigenvalue weighted by Gasteiger charge is 2.25. The highest BCUT2D eigenvalue weighted by atomic mass is 16.2. The first-order valence-corrected chi connectivity index (χ1v) is 11.8. The molecule has 1 N–H and O–H groups in total. The third kappa shape index (κ3) is 4.92. The highest BCUT2D eigenvalue weighted by molar-refractivity contribution is 5.99. The Morgan fingerprint density at radius 2 is 1.26 bits per heavy atom. The fourth-order valence-electron chi connectivity index (χ4n) is 4.42. The summed E-state index contributed by atoms with van der Waals surface area (Å²) in [6.45, 7) is 0. The number of hydrogen-bond acceptors (Lipinski definition) is 2. The van der Waals surface area contributed by atoms with Crippen LogP contribution in [0.15, 0.2) is 121 Å². The van der Waals surface area contributed by atoms with E-state index in [1.165, 1.54) is 5.56 Å². The Bertz CT molecular complexity index is 1400. The van der Waals surface area contributed by atoms with E-state index in [1.54, 1.807) is 0 Å². The zero-order valence-corrected chi connectivity index (χ0v) is 19.6. The standard InChI is InChI=1S/C31H27N3O/c1-34-29(28(25-18-10-4-11-19-25)33-30(34)26-20-12-5-13-21-26)31(35)32-27(24-16-8-3-9-17-24)22-23-14-6-2-7-15-23/h2-21,27H,22H2,1H3,(H,32,35). The second-order valence-electron chi connectivity index (χ2n) is 8.55. The quantitative estimate of drug-likeness (QED) is 0.305. The fraction of sp³-hybridized carbons (Fsp3) is 0.0968. The van der Waals surface area contributed by atoms with Gasteiger partial charge in [-0.15, -0.1) is 0 Å². The molecule has 0 spiro atoms. The minimum absolute atomic E-state index is 0.147. The monoisotopic (exact) mass is 457 g/mol. The Morgan fingerprint density at radius 1 is 0.743 bits per heavy atom. The number of amides is 1. The second-order valence-corrected chi connectivity index (χ2v) is 8.55. The molecule has 4 heteroatoms. The van der Waals surface area contributed by atoms with Gasteiger partial charge in [-0.1, -0.05) is 121 Å². The lowest BCUT2D eigenvalue weighted by atomic mass is 9.98. The summed E-state index contributed by atoms with van der Waals surface area (Å²) in [5.74, 6) is 0.611. The molecule has 1 amide bonds. The van der Waals surface area contributed by atoms with Gasteiger partial charge in [0.2, 0.25) is 0 Å². The predicted molar refractivity (Wildman–Crippen MR) is 141 cm³/mol. The molecule has 5 aromatic rings. The average molecular weight is 458 g/mol. The number of hydrogen-bond donors (Lipinski definition) is 1. The number of nitrogens with one attached hydrogen (secondary N) is 1. The summed E-state index contributed by atoms with van der Waals surface area (Å²) in [4.78, 5) is 18.8. The van der Waals surface area contributed by atoms with E-state index in [0.717, 1.165) is 22.5 Å². The minimum Gasteiger partial charge on any atom is -0.344 e. The van der Waals surface area contributed by atoms with Gasteiger partial charge in [-0.2, -0.15) is 0 Å². The molecular formula is C31H27N3O. The third-order valence-corrected chi connectivity index (χ3v) is 6.18. The molecule has 1 unspecified atom stereocenters. The maximum Gasteiger partial charge on any atom is 0.270 e. The average Bonchev–Trinajstić information content (AvgIpc) is 3.27. The number of carbonyl (C=O) groups is 1. The van der Waals surface area contributed by atoms with E-state index in [-0.39, 0.29) is 11.9 Å². The summed E-state index contributed by atoms with van der Waals surface area (Å²) in [6, 6.07) is 40.1. The van der Waals surface area contributed by atoms with E-state index in [9.17, 15) is 4.79 Å². The van der Waals surface area contributed by atoms with Crippen molar-refractivity contribution in [2.24, 2.45) is 7.05 Å². The van der Waals surface area contributed by atoms with Crippen LogP contribution >= 0.6 is 0 Å². The van der Waals surface area contributed by atoms with Crippen LogP contribution in [0, 0.1) is 0 Å². The van der Waals surface area contributed by atoms with E-state index < -0.39 is 0 Å². The lowest BCUT2D eigenvalue weighted by Gasteiger charge is -2.20. The molecule has 4 nitrogen and oxygen atoms in total. The molecular weight excluding hydrogens is 430 g/mol.